The van der Waals surface area contributed by atoms with Crippen LogP contribution in [0.3, 0.4) is 0 Å². The van der Waals surface area contributed by atoms with Crippen LogP contribution in [0.2, 0.25) is 0 Å². The fraction of sp³-hybridized carbons (Fsp3) is 0.364. The number of amides is 1. The van der Waals surface area contributed by atoms with E-state index >= 15 is 0 Å². The molecule has 4 aromatic rings. The second kappa shape index (κ2) is 7.44. The number of nitrogens with two attached hydrogens (primary N) is 1. The number of para-hydroxylation sites is 1. The zero-order valence-corrected chi connectivity index (χ0v) is 16.9. The third-order valence-electron chi connectivity index (χ3n) is 6.10. The molecule has 1 aliphatic rings. The van der Waals surface area contributed by atoms with Gasteiger partial charge in [-0.25, -0.2) is 14.6 Å². The molecule has 5 rings (SSSR count). The van der Waals surface area contributed by atoms with Crippen LogP contribution in [-0.2, 0) is 11.3 Å². The van der Waals surface area contributed by atoms with Crippen molar-refractivity contribution in [1.82, 2.24) is 24.6 Å². The molecule has 1 amide bonds. The summed E-state index contributed by atoms with van der Waals surface area (Å²) in [6.07, 6.45) is 6.24. The van der Waals surface area contributed by atoms with Crippen LogP contribution < -0.4 is 5.73 Å². The Morgan fingerprint density at radius 1 is 1.23 bits per heavy atom. The van der Waals surface area contributed by atoms with E-state index in [-0.39, 0.29) is 5.91 Å². The highest BCUT2D eigenvalue weighted by atomic mass is 16.3. The number of hydrogen-bond donors (Lipinski definition) is 1. The van der Waals surface area contributed by atoms with Crippen molar-refractivity contribution in [2.75, 3.05) is 18.8 Å². The number of nitrogens with zero attached hydrogens (tertiary/aromatic N) is 5. The van der Waals surface area contributed by atoms with E-state index in [0.717, 1.165) is 72.2 Å². The Hall–Kier alpha value is -3.42. The Morgan fingerprint density at radius 3 is 2.83 bits per heavy atom. The van der Waals surface area contributed by atoms with Crippen LogP contribution in [-0.4, -0.2) is 43.6 Å². The third-order valence-corrected chi connectivity index (χ3v) is 6.10. The number of nitrogen functional groups attached to an aromatic ring is 1. The zero-order valence-electron chi connectivity index (χ0n) is 16.9. The average molecular weight is 404 g/mol. The lowest BCUT2D eigenvalue weighted by atomic mass is 9.93. The summed E-state index contributed by atoms with van der Waals surface area (Å²) < 4.78 is 7.66. The molecule has 0 aliphatic carbocycles. The van der Waals surface area contributed by atoms with Crippen molar-refractivity contribution < 1.29 is 9.21 Å². The van der Waals surface area contributed by atoms with Crippen molar-refractivity contribution in [2.24, 2.45) is 5.92 Å². The monoisotopic (exact) mass is 404 g/mol. The van der Waals surface area contributed by atoms with Crippen molar-refractivity contribution in [3.63, 3.8) is 0 Å². The van der Waals surface area contributed by atoms with E-state index in [0.29, 0.717) is 11.7 Å². The molecule has 0 unspecified atom stereocenters. The van der Waals surface area contributed by atoms with E-state index in [1.54, 1.807) is 13.2 Å². The Bertz CT molecular complexity index is 1220. The number of piperidine rings is 1. The first-order valence-corrected chi connectivity index (χ1v) is 10.3. The normalized spacial score (nSPS) is 15.3. The number of likely N-dealkylation sites (tertiary alicyclic amines) is 1. The first-order chi connectivity index (χ1) is 14.6. The highest BCUT2D eigenvalue weighted by molar-refractivity contribution is 6.04. The zero-order chi connectivity index (χ0) is 20.7. The van der Waals surface area contributed by atoms with Gasteiger partial charge in [0.2, 0.25) is 5.91 Å². The van der Waals surface area contributed by atoms with E-state index < -0.39 is 0 Å². The maximum atomic E-state index is 11.5. The SMILES string of the molecule is CC(=O)N1CCC(CCn2nc(-c3coc4ccccc34)c3c(N)ncnc32)CC1. The number of rotatable bonds is 4. The van der Waals surface area contributed by atoms with Gasteiger partial charge in [0.05, 0.1) is 5.39 Å². The Morgan fingerprint density at radius 2 is 2.03 bits per heavy atom. The molecule has 4 heterocycles. The van der Waals surface area contributed by atoms with Gasteiger partial charge in [0.1, 0.15) is 29.7 Å². The van der Waals surface area contributed by atoms with Gasteiger partial charge in [-0.15, -0.1) is 0 Å². The lowest BCUT2D eigenvalue weighted by molar-refractivity contribution is -0.130. The maximum absolute atomic E-state index is 11.5. The summed E-state index contributed by atoms with van der Waals surface area (Å²) in [6, 6.07) is 7.88. The van der Waals surface area contributed by atoms with Crippen LogP contribution in [0.4, 0.5) is 5.82 Å². The Balaban J connectivity index is 1.46. The Labute approximate surface area is 173 Å². The van der Waals surface area contributed by atoms with Crippen LogP contribution >= 0.6 is 0 Å². The van der Waals surface area contributed by atoms with E-state index in [4.69, 9.17) is 15.2 Å². The molecule has 1 fully saturated rings. The smallest absolute Gasteiger partial charge is 0.219 e. The fourth-order valence-corrected chi connectivity index (χ4v) is 4.38. The largest absolute Gasteiger partial charge is 0.464 e. The van der Waals surface area contributed by atoms with E-state index in [1.807, 2.05) is 33.8 Å². The second-order valence-corrected chi connectivity index (χ2v) is 7.91. The minimum atomic E-state index is 0.163. The number of aromatic nitrogens is 4. The standard InChI is InChI=1S/C22H24N6O2/c1-14(29)27-9-6-15(7-10-27)8-11-28-22-19(21(23)24-13-25-22)20(26-28)17-12-30-18-5-3-2-4-16(17)18/h2-5,12-13,15H,6-11H2,1H3,(H2,23,24,25). The minimum Gasteiger partial charge on any atom is -0.464 e. The quantitative estimate of drug-likeness (QED) is 0.559. The van der Waals surface area contributed by atoms with Gasteiger partial charge in [0.25, 0.3) is 0 Å². The molecule has 154 valence electrons. The van der Waals surface area contributed by atoms with Gasteiger partial charge in [0.15, 0.2) is 5.65 Å². The van der Waals surface area contributed by atoms with Gasteiger partial charge in [0, 0.05) is 37.5 Å². The van der Waals surface area contributed by atoms with Gasteiger partial charge >= 0.3 is 0 Å². The molecule has 8 heteroatoms. The van der Waals surface area contributed by atoms with Gasteiger partial charge in [-0.05, 0) is 31.2 Å². The number of aryl methyl sites for hydroxylation is 1. The predicted octanol–water partition coefficient (Wildman–Crippen LogP) is 3.47. The molecule has 0 spiro atoms. The van der Waals surface area contributed by atoms with Crippen LogP contribution in [0, 0.1) is 5.92 Å². The first-order valence-electron chi connectivity index (χ1n) is 10.3. The summed E-state index contributed by atoms with van der Waals surface area (Å²) in [5.74, 6) is 1.15. The number of furan rings is 1. The second-order valence-electron chi connectivity index (χ2n) is 7.91. The molecular formula is C22H24N6O2. The number of carbonyl (C=O) groups is 1. The van der Waals surface area contributed by atoms with E-state index in [1.165, 1.54) is 6.33 Å². The Kier molecular flexibility index (Phi) is 4.61. The van der Waals surface area contributed by atoms with Gasteiger partial charge in [-0.1, -0.05) is 18.2 Å². The molecule has 0 bridgehead atoms. The summed E-state index contributed by atoms with van der Waals surface area (Å²) in [7, 11) is 0. The molecule has 30 heavy (non-hydrogen) atoms. The molecular weight excluding hydrogens is 380 g/mol. The third kappa shape index (κ3) is 3.18. The molecule has 0 radical (unpaired) electrons. The van der Waals surface area contributed by atoms with Gasteiger partial charge in [-0.2, -0.15) is 5.10 Å². The number of benzene rings is 1. The molecule has 2 N–H and O–H groups in total. The number of anilines is 1. The van der Waals surface area contributed by atoms with Crippen molar-refractivity contribution >= 4 is 33.7 Å². The lowest BCUT2D eigenvalue weighted by Crippen LogP contribution is -2.37. The summed E-state index contributed by atoms with van der Waals surface area (Å²) >= 11 is 0. The highest BCUT2D eigenvalue weighted by Crippen LogP contribution is 2.36. The van der Waals surface area contributed by atoms with Crippen LogP contribution in [0.15, 0.2) is 41.3 Å². The van der Waals surface area contributed by atoms with Crippen LogP contribution in [0.25, 0.3) is 33.3 Å². The number of carbonyl (C=O) groups excluding carboxylic acids is 1. The molecule has 8 nitrogen and oxygen atoms in total. The summed E-state index contributed by atoms with van der Waals surface area (Å²) in [5.41, 5.74) is 9.42. The van der Waals surface area contributed by atoms with Crippen LogP contribution in [0.1, 0.15) is 26.2 Å². The van der Waals surface area contributed by atoms with Crippen molar-refractivity contribution in [3.8, 4) is 11.3 Å². The topological polar surface area (TPSA) is 103 Å². The van der Waals surface area contributed by atoms with E-state index in [9.17, 15) is 4.79 Å². The highest BCUT2D eigenvalue weighted by Gasteiger charge is 2.23. The number of hydrogen-bond acceptors (Lipinski definition) is 6. The molecule has 1 saturated heterocycles. The average Bonchev–Trinajstić information content (AvgIpc) is 3.34. The van der Waals surface area contributed by atoms with Crippen molar-refractivity contribution in [2.45, 2.75) is 32.7 Å². The first kappa shape index (κ1) is 18.6. The lowest BCUT2D eigenvalue weighted by Gasteiger charge is -2.31. The fourth-order valence-electron chi connectivity index (χ4n) is 4.38. The van der Waals surface area contributed by atoms with Crippen LogP contribution in [0.5, 0.6) is 0 Å². The van der Waals surface area contributed by atoms with E-state index in [2.05, 4.69) is 9.97 Å². The van der Waals surface area contributed by atoms with Gasteiger partial charge < -0.3 is 15.1 Å². The summed E-state index contributed by atoms with van der Waals surface area (Å²) in [4.78, 5) is 22.1. The molecule has 1 aliphatic heterocycles. The number of fused-ring (bicyclic) bond motifs is 2. The molecule has 0 atom stereocenters. The summed E-state index contributed by atoms with van der Waals surface area (Å²) in [5, 5.41) is 6.63. The maximum Gasteiger partial charge on any atom is 0.219 e. The van der Waals surface area contributed by atoms with Crippen molar-refractivity contribution in [3.05, 3.63) is 36.9 Å². The van der Waals surface area contributed by atoms with Gasteiger partial charge in [-0.3, -0.25) is 4.79 Å². The summed E-state index contributed by atoms with van der Waals surface area (Å²) in [6.45, 7) is 4.05. The molecule has 0 saturated carbocycles. The minimum absolute atomic E-state index is 0.163. The predicted molar refractivity (Wildman–Crippen MR) is 115 cm³/mol. The van der Waals surface area contributed by atoms with Crippen molar-refractivity contribution in [1.29, 1.82) is 0 Å². The molecule has 3 aromatic heterocycles. The molecule has 1 aromatic carbocycles.